The molecule has 4 heteroatoms. The summed E-state index contributed by atoms with van der Waals surface area (Å²) in [5.74, 6) is -0.00505. The summed E-state index contributed by atoms with van der Waals surface area (Å²) in [5.41, 5.74) is 10.6. The van der Waals surface area contributed by atoms with Crippen LogP contribution in [0.1, 0.15) is 17.5 Å². The summed E-state index contributed by atoms with van der Waals surface area (Å²) >= 11 is 0. The first-order valence-electron chi connectivity index (χ1n) is 7.43. The number of nitrogens with one attached hydrogen (secondary N) is 1. The first-order valence-corrected chi connectivity index (χ1v) is 7.43. The number of benzene rings is 1. The Labute approximate surface area is 123 Å². The molecule has 1 aromatic heterocycles. The molecule has 1 aliphatic heterocycles. The van der Waals surface area contributed by atoms with Crippen LogP contribution in [0.5, 0.6) is 0 Å². The number of carbonyl (C=O) groups excluding carboxylic acids is 1. The topological polar surface area (TPSA) is 62.1 Å². The highest BCUT2D eigenvalue weighted by molar-refractivity contribution is 5.98. The molecule has 4 nitrogen and oxygen atoms in total. The molecule has 1 unspecified atom stereocenters. The molecule has 0 fully saturated rings. The minimum Gasteiger partial charge on any atom is -0.370 e. The van der Waals surface area contributed by atoms with Crippen molar-refractivity contribution in [3.63, 3.8) is 0 Å². The number of likely N-dealkylation sites (N-methyl/N-ethyl adjacent to an activating group) is 1. The van der Waals surface area contributed by atoms with Gasteiger partial charge >= 0.3 is 0 Å². The average molecular weight is 281 g/mol. The highest BCUT2D eigenvalue weighted by Gasteiger charge is 2.33. The summed E-state index contributed by atoms with van der Waals surface area (Å²) in [4.78, 5) is 17.0. The van der Waals surface area contributed by atoms with Crippen LogP contribution in [0, 0.1) is 5.92 Å². The maximum Gasteiger partial charge on any atom is 0.218 e. The lowest BCUT2D eigenvalue weighted by Gasteiger charge is -2.39. The van der Waals surface area contributed by atoms with Gasteiger partial charge in [-0.1, -0.05) is 18.2 Å². The molecule has 4 rings (SSSR count). The molecule has 1 amide bonds. The molecule has 0 spiro atoms. The third-order valence-electron chi connectivity index (χ3n) is 4.80. The van der Waals surface area contributed by atoms with E-state index in [0.717, 1.165) is 13.0 Å². The summed E-state index contributed by atoms with van der Waals surface area (Å²) in [6.07, 6.45) is 5.87. The van der Waals surface area contributed by atoms with E-state index in [1.54, 1.807) is 0 Å². The van der Waals surface area contributed by atoms with E-state index in [0.29, 0.717) is 12.5 Å². The second-order valence-electron chi connectivity index (χ2n) is 6.25. The van der Waals surface area contributed by atoms with Gasteiger partial charge in [0.2, 0.25) is 5.91 Å². The van der Waals surface area contributed by atoms with Crippen LogP contribution in [0.4, 0.5) is 0 Å². The van der Waals surface area contributed by atoms with Crippen molar-refractivity contribution in [1.82, 2.24) is 9.88 Å². The Morgan fingerprint density at radius 3 is 3.14 bits per heavy atom. The summed E-state index contributed by atoms with van der Waals surface area (Å²) in [6, 6.07) is 6.82. The van der Waals surface area contributed by atoms with Crippen molar-refractivity contribution in [1.29, 1.82) is 0 Å². The lowest BCUT2D eigenvalue weighted by atomic mass is 9.79. The summed E-state index contributed by atoms with van der Waals surface area (Å²) in [7, 11) is 2.14. The van der Waals surface area contributed by atoms with Crippen LogP contribution >= 0.6 is 0 Å². The minimum absolute atomic E-state index is 0.217. The standard InChI is InChI=1S/C17H19N3O/c1-20-9-10(6-16(18)21)5-13-12-3-2-4-14-17(12)11(8-19-14)7-15(13)20/h2-5,8,10,15,19H,6-7,9H2,1H3,(H2,18,21)/t10?,15-/m0/s1. The van der Waals surface area contributed by atoms with Gasteiger partial charge in [0.15, 0.2) is 0 Å². The van der Waals surface area contributed by atoms with Crippen LogP contribution < -0.4 is 5.73 Å². The van der Waals surface area contributed by atoms with Crippen molar-refractivity contribution >= 4 is 22.4 Å². The van der Waals surface area contributed by atoms with E-state index < -0.39 is 0 Å². The summed E-state index contributed by atoms with van der Waals surface area (Å²) in [5, 5.41) is 1.34. The van der Waals surface area contributed by atoms with Gasteiger partial charge in [-0.3, -0.25) is 9.69 Å². The van der Waals surface area contributed by atoms with Crippen molar-refractivity contribution in [2.75, 3.05) is 13.6 Å². The summed E-state index contributed by atoms with van der Waals surface area (Å²) < 4.78 is 0. The first-order chi connectivity index (χ1) is 10.1. The number of nitrogens with zero attached hydrogens (tertiary/aromatic N) is 1. The highest BCUT2D eigenvalue weighted by atomic mass is 16.1. The third kappa shape index (κ3) is 1.90. The zero-order valence-electron chi connectivity index (χ0n) is 12.1. The van der Waals surface area contributed by atoms with Crippen LogP contribution in [0.25, 0.3) is 16.5 Å². The van der Waals surface area contributed by atoms with E-state index in [1.165, 1.54) is 27.6 Å². The SMILES string of the molecule is CN1CC(CC(N)=O)C=C2c3cccc4[nH]cc(c34)C[C@@H]21. The number of hydrogen-bond acceptors (Lipinski definition) is 2. The second-order valence-corrected chi connectivity index (χ2v) is 6.25. The van der Waals surface area contributed by atoms with Gasteiger partial charge in [-0.2, -0.15) is 0 Å². The molecule has 3 N–H and O–H groups in total. The molecule has 2 aromatic rings. The lowest BCUT2D eigenvalue weighted by molar-refractivity contribution is -0.118. The van der Waals surface area contributed by atoms with E-state index in [1.807, 2.05) is 0 Å². The predicted molar refractivity (Wildman–Crippen MR) is 83.7 cm³/mol. The van der Waals surface area contributed by atoms with Gasteiger partial charge in [-0.25, -0.2) is 0 Å². The lowest BCUT2D eigenvalue weighted by Crippen LogP contribution is -2.43. The Morgan fingerprint density at radius 1 is 1.48 bits per heavy atom. The number of fused-ring (bicyclic) bond motifs is 2. The molecule has 0 bridgehead atoms. The van der Waals surface area contributed by atoms with Crippen molar-refractivity contribution in [2.24, 2.45) is 11.7 Å². The number of rotatable bonds is 2. The van der Waals surface area contributed by atoms with Gasteiger partial charge in [0.05, 0.1) is 0 Å². The third-order valence-corrected chi connectivity index (χ3v) is 4.80. The van der Waals surface area contributed by atoms with Crippen molar-refractivity contribution in [3.8, 4) is 0 Å². The first kappa shape index (κ1) is 12.7. The van der Waals surface area contributed by atoms with Crippen LogP contribution in [0.2, 0.25) is 0 Å². The van der Waals surface area contributed by atoms with E-state index in [9.17, 15) is 4.79 Å². The molecule has 21 heavy (non-hydrogen) atoms. The smallest absolute Gasteiger partial charge is 0.218 e. The maximum atomic E-state index is 11.3. The normalized spacial score (nSPS) is 24.7. The van der Waals surface area contributed by atoms with Gasteiger partial charge < -0.3 is 10.7 Å². The quantitative estimate of drug-likeness (QED) is 0.883. The molecule has 0 saturated heterocycles. The molecule has 2 atom stereocenters. The molecule has 1 aliphatic carbocycles. The number of nitrogens with two attached hydrogens (primary N) is 1. The Hall–Kier alpha value is -2.07. The molecule has 2 aliphatic rings. The molecular formula is C17H19N3O. The molecule has 2 heterocycles. The van der Waals surface area contributed by atoms with E-state index in [-0.39, 0.29) is 11.8 Å². The van der Waals surface area contributed by atoms with Crippen LogP contribution in [-0.2, 0) is 11.2 Å². The molecule has 108 valence electrons. The van der Waals surface area contributed by atoms with Gasteiger partial charge in [0, 0.05) is 36.1 Å². The highest BCUT2D eigenvalue weighted by Crippen LogP contribution is 2.40. The fourth-order valence-corrected chi connectivity index (χ4v) is 3.93. The van der Waals surface area contributed by atoms with Crippen molar-refractivity contribution < 1.29 is 4.79 Å². The number of hydrogen-bond donors (Lipinski definition) is 2. The van der Waals surface area contributed by atoms with E-state index >= 15 is 0 Å². The number of aromatic amines is 1. The number of primary amides is 1. The number of carbonyl (C=O) groups is 1. The van der Waals surface area contributed by atoms with Gasteiger partial charge in [0.25, 0.3) is 0 Å². The van der Waals surface area contributed by atoms with Crippen LogP contribution in [0.3, 0.4) is 0 Å². The Balaban J connectivity index is 1.87. The van der Waals surface area contributed by atoms with Crippen molar-refractivity contribution in [3.05, 3.63) is 41.6 Å². The summed E-state index contributed by atoms with van der Waals surface area (Å²) in [6.45, 7) is 0.896. The number of aromatic nitrogens is 1. The van der Waals surface area contributed by atoms with E-state index in [2.05, 4.69) is 47.4 Å². The maximum absolute atomic E-state index is 11.3. The predicted octanol–water partition coefficient (Wildman–Crippen LogP) is 1.91. The number of H-pyrrole nitrogens is 1. The fourth-order valence-electron chi connectivity index (χ4n) is 3.93. The van der Waals surface area contributed by atoms with Crippen LogP contribution in [0.15, 0.2) is 30.5 Å². The second kappa shape index (κ2) is 4.46. The zero-order valence-corrected chi connectivity index (χ0v) is 12.1. The van der Waals surface area contributed by atoms with Crippen LogP contribution in [-0.4, -0.2) is 35.4 Å². The number of amides is 1. The van der Waals surface area contributed by atoms with Gasteiger partial charge in [0.1, 0.15) is 0 Å². The Bertz CT molecular complexity index is 758. The molecule has 0 radical (unpaired) electrons. The molecule has 1 aromatic carbocycles. The van der Waals surface area contributed by atoms with E-state index in [4.69, 9.17) is 5.73 Å². The van der Waals surface area contributed by atoms with Gasteiger partial charge in [-0.05, 0) is 42.2 Å². The van der Waals surface area contributed by atoms with Gasteiger partial charge in [-0.15, -0.1) is 0 Å². The molecule has 0 saturated carbocycles. The average Bonchev–Trinajstić information content (AvgIpc) is 2.84. The largest absolute Gasteiger partial charge is 0.370 e. The minimum atomic E-state index is -0.222. The van der Waals surface area contributed by atoms with Crippen molar-refractivity contribution in [2.45, 2.75) is 18.9 Å². The molecular weight excluding hydrogens is 262 g/mol. The monoisotopic (exact) mass is 281 g/mol. The Morgan fingerprint density at radius 2 is 2.33 bits per heavy atom. The Kier molecular flexibility index (Phi) is 2.69. The fraction of sp³-hybridized carbons (Fsp3) is 0.353. The zero-order chi connectivity index (χ0) is 14.6.